The molecule has 1 fully saturated rings. The Labute approximate surface area is 208 Å². The molecular formula is C23H17ClN4O4S2. The number of nitro groups is 1. The number of benzene rings is 2. The second-order valence-electron chi connectivity index (χ2n) is 7.31. The Morgan fingerprint density at radius 2 is 1.76 bits per heavy atom. The number of thioether (sulfide) groups is 1. The molecule has 0 radical (unpaired) electrons. The topological polar surface area (TPSA) is 90.4 Å². The number of para-hydroxylation sites is 1. The van der Waals surface area contributed by atoms with Gasteiger partial charge in [0.05, 0.1) is 21.2 Å². The first-order valence-electron chi connectivity index (χ1n) is 9.92. The number of allylic oxidation sites excluding steroid dienone is 2. The van der Waals surface area contributed by atoms with Gasteiger partial charge in [-0.3, -0.25) is 29.3 Å². The Kier molecular flexibility index (Phi) is 6.56. The SMILES string of the molecule is Cc1c(N2C(=O)C(=C/C(Cl)=C/c3ccc([N+](=O)[O-])cc3)SC2=S)c(=O)n(-c2ccccc2)n1C. The fraction of sp³-hybridized carbons (Fsp3) is 0.0870. The quantitative estimate of drug-likeness (QED) is 0.208. The molecule has 2 heterocycles. The number of carbonyl (C=O) groups is 1. The van der Waals surface area contributed by atoms with Crippen LogP contribution in [0.2, 0.25) is 0 Å². The van der Waals surface area contributed by atoms with E-state index < -0.39 is 10.8 Å². The number of hydrogen-bond donors (Lipinski definition) is 0. The summed E-state index contributed by atoms with van der Waals surface area (Å²) in [6, 6.07) is 15.0. The first-order valence-corrected chi connectivity index (χ1v) is 11.5. The second-order valence-corrected chi connectivity index (χ2v) is 9.42. The van der Waals surface area contributed by atoms with E-state index in [4.69, 9.17) is 23.8 Å². The second kappa shape index (κ2) is 9.41. The molecule has 34 heavy (non-hydrogen) atoms. The van der Waals surface area contributed by atoms with Gasteiger partial charge in [-0.15, -0.1) is 0 Å². The lowest BCUT2D eigenvalue weighted by Crippen LogP contribution is -2.33. The van der Waals surface area contributed by atoms with E-state index in [-0.39, 0.29) is 31.2 Å². The lowest BCUT2D eigenvalue weighted by atomic mass is 10.2. The van der Waals surface area contributed by atoms with Crippen molar-refractivity contribution in [1.29, 1.82) is 0 Å². The summed E-state index contributed by atoms with van der Waals surface area (Å²) in [6.07, 6.45) is 3.05. The summed E-state index contributed by atoms with van der Waals surface area (Å²) in [5, 5.41) is 11.0. The summed E-state index contributed by atoms with van der Waals surface area (Å²) in [4.78, 5) is 38.3. The van der Waals surface area contributed by atoms with E-state index in [1.54, 1.807) is 49.0 Å². The first kappa shape index (κ1) is 23.7. The molecule has 1 aliphatic rings. The zero-order chi connectivity index (χ0) is 24.6. The molecule has 2 aromatic carbocycles. The number of amides is 1. The molecule has 0 bridgehead atoms. The van der Waals surface area contributed by atoms with Crippen LogP contribution in [0.1, 0.15) is 11.3 Å². The van der Waals surface area contributed by atoms with Gasteiger partial charge in [0.1, 0.15) is 5.69 Å². The predicted molar refractivity (Wildman–Crippen MR) is 138 cm³/mol. The van der Waals surface area contributed by atoms with E-state index in [1.807, 2.05) is 18.2 Å². The van der Waals surface area contributed by atoms with Gasteiger partial charge in [-0.25, -0.2) is 4.68 Å². The van der Waals surface area contributed by atoms with E-state index in [2.05, 4.69) is 0 Å². The van der Waals surface area contributed by atoms with E-state index in [9.17, 15) is 19.7 Å². The van der Waals surface area contributed by atoms with Crippen LogP contribution in [0.25, 0.3) is 11.8 Å². The van der Waals surface area contributed by atoms with Crippen LogP contribution >= 0.6 is 35.6 Å². The molecule has 172 valence electrons. The van der Waals surface area contributed by atoms with Crippen LogP contribution in [0.5, 0.6) is 0 Å². The van der Waals surface area contributed by atoms with Crippen molar-refractivity contribution in [3.63, 3.8) is 0 Å². The van der Waals surface area contributed by atoms with Crippen molar-refractivity contribution in [2.45, 2.75) is 6.92 Å². The van der Waals surface area contributed by atoms with Crippen LogP contribution in [-0.2, 0) is 11.8 Å². The molecule has 0 unspecified atom stereocenters. The fourth-order valence-corrected chi connectivity index (χ4v) is 5.05. The number of aromatic nitrogens is 2. The number of hydrogen-bond acceptors (Lipinski definition) is 6. The van der Waals surface area contributed by atoms with E-state index in [0.717, 1.165) is 11.8 Å². The highest BCUT2D eigenvalue weighted by molar-refractivity contribution is 8.27. The Bertz CT molecular complexity index is 1440. The molecule has 4 rings (SSSR count). The van der Waals surface area contributed by atoms with Crippen LogP contribution in [0.4, 0.5) is 11.4 Å². The van der Waals surface area contributed by atoms with Crippen molar-refractivity contribution in [2.24, 2.45) is 7.05 Å². The number of nitro benzene ring substituents is 1. The number of halogens is 1. The Balaban J connectivity index is 1.67. The number of rotatable bonds is 5. The van der Waals surface area contributed by atoms with Gasteiger partial charge >= 0.3 is 0 Å². The molecule has 1 aliphatic heterocycles. The Hall–Kier alpha value is -3.47. The van der Waals surface area contributed by atoms with Crippen LogP contribution in [0.3, 0.4) is 0 Å². The lowest BCUT2D eigenvalue weighted by molar-refractivity contribution is -0.384. The molecule has 1 saturated heterocycles. The summed E-state index contributed by atoms with van der Waals surface area (Å²) >= 11 is 12.8. The van der Waals surface area contributed by atoms with Gasteiger partial charge in [0.15, 0.2) is 4.32 Å². The molecule has 1 amide bonds. The molecule has 0 N–H and O–H groups in total. The third-order valence-corrected chi connectivity index (χ3v) is 6.74. The van der Waals surface area contributed by atoms with Gasteiger partial charge in [0.2, 0.25) is 0 Å². The number of thiocarbonyl (C=S) groups is 1. The Morgan fingerprint density at radius 3 is 2.38 bits per heavy atom. The average molecular weight is 513 g/mol. The van der Waals surface area contributed by atoms with Crippen molar-refractivity contribution >= 4 is 63.3 Å². The monoisotopic (exact) mass is 512 g/mol. The van der Waals surface area contributed by atoms with Crippen molar-refractivity contribution in [3.05, 3.63) is 102 Å². The molecule has 0 aliphatic carbocycles. The highest BCUT2D eigenvalue weighted by Gasteiger charge is 2.37. The van der Waals surface area contributed by atoms with Crippen molar-refractivity contribution in [2.75, 3.05) is 4.90 Å². The lowest BCUT2D eigenvalue weighted by Gasteiger charge is -2.12. The van der Waals surface area contributed by atoms with E-state index in [1.165, 1.54) is 27.8 Å². The molecule has 8 nitrogen and oxygen atoms in total. The number of nitrogens with zero attached hydrogens (tertiary/aromatic N) is 4. The third kappa shape index (κ3) is 4.35. The molecular weight excluding hydrogens is 496 g/mol. The largest absolute Gasteiger partial charge is 0.296 e. The van der Waals surface area contributed by atoms with Gasteiger partial charge in [-0.05, 0) is 48.9 Å². The molecule has 0 saturated carbocycles. The normalized spacial score (nSPS) is 15.4. The maximum Gasteiger partial charge on any atom is 0.296 e. The highest BCUT2D eigenvalue weighted by atomic mass is 35.5. The first-order chi connectivity index (χ1) is 16.2. The van der Waals surface area contributed by atoms with Gasteiger partial charge in [0, 0.05) is 24.2 Å². The van der Waals surface area contributed by atoms with Crippen LogP contribution in [0, 0.1) is 17.0 Å². The smallest absolute Gasteiger partial charge is 0.283 e. The van der Waals surface area contributed by atoms with Crippen LogP contribution in [-0.4, -0.2) is 24.5 Å². The minimum absolute atomic E-state index is 0.0338. The molecule has 11 heteroatoms. The average Bonchev–Trinajstić information content (AvgIpc) is 3.19. The van der Waals surface area contributed by atoms with Crippen LogP contribution in [0.15, 0.2) is 75.4 Å². The van der Waals surface area contributed by atoms with Crippen molar-refractivity contribution in [1.82, 2.24) is 9.36 Å². The van der Waals surface area contributed by atoms with Crippen molar-refractivity contribution < 1.29 is 9.72 Å². The zero-order valence-corrected chi connectivity index (χ0v) is 20.4. The van der Waals surface area contributed by atoms with Crippen molar-refractivity contribution in [3.8, 4) is 5.69 Å². The third-order valence-electron chi connectivity index (χ3n) is 5.22. The summed E-state index contributed by atoms with van der Waals surface area (Å²) in [5.74, 6) is -0.448. The van der Waals surface area contributed by atoms with Gasteiger partial charge < -0.3 is 0 Å². The summed E-state index contributed by atoms with van der Waals surface area (Å²) in [5.41, 5.74) is 1.67. The fourth-order valence-electron chi connectivity index (χ4n) is 3.49. The van der Waals surface area contributed by atoms with Gasteiger partial charge in [-0.1, -0.05) is 53.8 Å². The van der Waals surface area contributed by atoms with Crippen LogP contribution < -0.4 is 10.5 Å². The Morgan fingerprint density at radius 1 is 1.12 bits per heavy atom. The van der Waals surface area contributed by atoms with E-state index in [0.29, 0.717) is 16.9 Å². The van der Waals surface area contributed by atoms with E-state index >= 15 is 0 Å². The minimum atomic E-state index is -0.488. The minimum Gasteiger partial charge on any atom is -0.283 e. The number of non-ortho nitro benzene ring substituents is 1. The number of carbonyl (C=O) groups excluding carboxylic acids is 1. The summed E-state index contributed by atoms with van der Waals surface area (Å²) < 4.78 is 3.38. The zero-order valence-electron chi connectivity index (χ0n) is 18.0. The van der Waals surface area contributed by atoms with Gasteiger partial charge in [-0.2, -0.15) is 0 Å². The summed E-state index contributed by atoms with van der Waals surface area (Å²) in [6.45, 7) is 1.75. The number of anilines is 1. The predicted octanol–water partition coefficient (Wildman–Crippen LogP) is 4.92. The maximum atomic E-state index is 13.3. The van der Waals surface area contributed by atoms with Gasteiger partial charge in [0.25, 0.3) is 17.2 Å². The highest BCUT2D eigenvalue weighted by Crippen LogP contribution is 2.36. The summed E-state index contributed by atoms with van der Waals surface area (Å²) in [7, 11) is 1.74. The molecule has 0 spiro atoms. The molecule has 3 aromatic rings. The maximum absolute atomic E-state index is 13.3. The molecule has 0 atom stereocenters. The standard InChI is InChI=1S/C23H17ClN4O4S2/c1-14-20(22(30)27(25(14)2)17-6-4-3-5-7-17)26-21(29)19(34-23(26)33)13-16(24)12-15-8-10-18(11-9-15)28(31)32/h3-13H,1-2H3/b16-12-,19-13?. The molecule has 1 aromatic heterocycles.